The van der Waals surface area contributed by atoms with E-state index in [0.29, 0.717) is 0 Å². The van der Waals surface area contributed by atoms with E-state index in [1.807, 2.05) is 18.6 Å². The van der Waals surface area contributed by atoms with Crippen LogP contribution in [-0.4, -0.2) is 12.5 Å². The molecular weight excluding hydrogens is 179 g/mol. The lowest BCUT2D eigenvalue weighted by molar-refractivity contribution is 0.576. The maximum Gasteiger partial charge on any atom is 0.150 e. The SMILES string of the molecule is CSc1cccc(SC)c1F. The van der Waals surface area contributed by atoms with Crippen LogP contribution in [0.3, 0.4) is 0 Å². The topological polar surface area (TPSA) is 0 Å². The van der Waals surface area contributed by atoms with Crippen LogP contribution in [0.1, 0.15) is 0 Å². The smallest absolute Gasteiger partial charge is 0.150 e. The molecule has 1 aromatic carbocycles. The number of hydrogen-bond acceptors (Lipinski definition) is 2. The first-order chi connectivity index (χ1) is 5.29. The second-order valence-corrected chi connectivity index (χ2v) is 3.67. The highest BCUT2D eigenvalue weighted by Gasteiger charge is 2.04. The molecule has 11 heavy (non-hydrogen) atoms. The predicted octanol–water partition coefficient (Wildman–Crippen LogP) is 3.27. The molecule has 0 fully saturated rings. The van der Waals surface area contributed by atoms with Crippen molar-refractivity contribution in [1.29, 1.82) is 0 Å². The molecule has 0 saturated carbocycles. The Kier molecular flexibility index (Phi) is 3.27. The Balaban J connectivity index is 3.10. The second-order valence-electron chi connectivity index (χ2n) is 1.98. The van der Waals surface area contributed by atoms with E-state index in [1.54, 1.807) is 12.1 Å². The summed E-state index contributed by atoms with van der Waals surface area (Å²) in [7, 11) is 0. The molecule has 0 saturated heterocycles. The van der Waals surface area contributed by atoms with Gasteiger partial charge in [-0.15, -0.1) is 23.5 Å². The van der Waals surface area contributed by atoms with Crippen molar-refractivity contribution >= 4 is 23.5 Å². The molecule has 0 aliphatic rings. The monoisotopic (exact) mass is 188 g/mol. The van der Waals surface area contributed by atoms with E-state index >= 15 is 0 Å². The molecule has 1 aromatic rings. The Morgan fingerprint density at radius 2 is 1.55 bits per heavy atom. The summed E-state index contributed by atoms with van der Waals surface area (Å²) in [4.78, 5) is 1.44. The number of halogens is 1. The Hall–Kier alpha value is -0.150. The average Bonchev–Trinajstić information content (AvgIpc) is 2.05. The van der Waals surface area contributed by atoms with E-state index in [9.17, 15) is 4.39 Å². The quantitative estimate of drug-likeness (QED) is 0.653. The Morgan fingerprint density at radius 1 is 1.09 bits per heavy atom. The summed E-state index contributed by atoms with van der Waals surface area (Å²) in [5.74, 6) is -0.0903. The first-order valence-corrected chi connectivity index (χ1v) is 5.61. The lowest BCUT2D eigenvalue weighted by Gasteiger charge is -2.02. The molecule has 60 valence electrons. The van der Waals surface area contributed by atoms with Crippen LogP contribution < -0.4 is 0 Å². The van der Waals surface area contributed by atoms with Gasteiger partial charge in [0, 0.05) is 9.79 Å². The summed E-state index contributed by atoms with van der Waals surface area (Å²) in [6, 6.07) is 5.46. The summed E-state index contributed by atoms with van der Waals surface area (Å²) < 4.78 is 13.2. The lowest BCUT2D eigenvalue weighted by Crippen LogP contribution is -1.82. The fourth-order valence-electron chi connectivity index (χ4n) is 0.806. The van der Waals surface area contributed by atoms with E-state index in [2.05, 4.69) is 0 Å². The van der Waals surface area contributed by atoms with Gasteiger partial charge in [0.2, 0.25) is 0 Å². The van der Waals surface area contributed by atoms with E-state index in [4.69, 9.17) is 0 Å². The molecule has 0 nitrogen and oxygen atoms in total. The highest BCUT2D eigenvalue weighted by Crippen LogP contribution is 2.26. The fraction of sp³-hybridized carbons (Fsp3) is 0.250. The third kappa shape index (κ3) is 1.91. The van der Waals surface area contributed by atoms with E-state index in [-0.39, 0.29) is 5.82 Å². The molecule has 0 amide bonds. The molecule has 0 aliphatic heterocycles. The van der Waals surface area contributed by atoms with E-state index in [0.717, 1.165) is 9.79 Å². The third-order valence-corrected chi connectivity index (χ3v) is 2.88. The zero-order chi connectivity index (χ0) is 8.27. The molecule has 0 radical (unpaired) electrons. The first-order valence-electron chi connectivity index (χ1n) is 3.16. The molecular formula is C8H9FS2. The maximum absolute atomic E-state index is 13.2. The van der Waals surface area contributed by atoms with E-state index < -0.39 is 0 Å². The fourth-order valence-corrected chi connectivity index (χ4v) is 1.88. The predicted molar refractivity (Wildman–Crippen MR) is 50.0 cm³/mol. The zero-order valence-corrected chi connectivity index (χ0v) is 8.06. The van der Waals surface area contributed by atoms with Crippen molar-refractivity contribution in [2.75, 3.05) is 12.5 Å². The highest BCUT2D eigenvalue weighted by atomic mass is 32.2. The molecule has 0 atom stereocenters. The normalized spacial score (nSPS) is 10.1. The minimum absolute atomic E-state index is 0.0903. The number of benzene rings is 1. The zero-order valence-electron chi connectivity index (χ0n) is 6.43. The molecule has 3 heteroatoms. The van der Waals surface area contributed by atoms with Gasteiger partial charge >= 0.3 is 0 Å². The average molecular weight is 188 g/mol. The van der Waals surface area contributed by atoms with Gasteiger partial charge in [0.25, 0.3) is 0 Å². The van der Waals surface area contributed by atoms with Crippen molar-refractivity contribution < 1.29 is 4.39 Å². The van der Waals surface area contributed by atoms with Crippen molar-refractivity contribution in [1.82, 2.24) is 0 Å². The van der Waals surface area contributed by atoms with Crippen molar-refractivity contribution in [2.24, 2.45) is 0 Å². The van der Waals surface area contributed by atoms with Gasteiger partial charge in [-0.2, -0.15) is 0 Å². The van der Waals surface area contributed by atoms with Crippen LogP contribution in [0.5, 0.6) is 0 Å². The maximum atomic E-state index is 13.2. The van der Waals surface area contributed by atoms with Crippen LogP contribution in [0, 0.1) is 5.82 Å². The molecule has 1 rings (SSSR count). The molecule has 0 aromatic heterocycles. The minimum atomic E-state index is -0.0903. The van der Waals surface area contributed by atoms with Crippen LogP contribution in [0.4, 0.5) is 4.39 Å². The van der Waals surface area contributed by atoms with Crippen molar-refractivity contribution in [3.05, 3.63) is 24.0 Å². The summed E-state index contributed by atoms with van der Waals surface area (Å²) in [5.41, 5.74) is 0. The van der Waals surface area contributed by atoms with Gasteiger partial charge in [0.15, 0.2) is 0 Å². The van der Waals surface area contributed by atoms with Crippen molar-refractivity contribution in [3.63, 3.8) is 0 Å². The van der Waals surface area contributed by atoms with Gasteiger partial charge < -0.3 is 0 Å². The molecule has 0 unspecified atom stereocenters. The van der Waals surface area contributed by atoms with Gasteiger partial charge in [0.05, 0.1) is 0 Å². The lowest BCUT2D eigenvalue weighted by atomic mass is 10.3. The second kappa shape index (κ2) is 4.02. The Labute approximate surface area is 74.6 Å². The van der Waals surface area contributed by atoms with Crippen molar-refractivity contribution in [2.45, 2.75) is 9.79 Å². The van der Waals surface area contributed by atoms with Crippen LogP contribution >= 0.6 is 23.5 Å². The van der Waals surface area contributed by atoms with Gasteiger partial charge in [-0.1, -0.05) is 6.07 Å². The number of hydrogen-bond donors (Lipinski definition) is 0. The molecule has 0 spiro atoms. The van der Waals surface area contributed by atoms with E-state index in [1.165, 1.54) is 23.5 Å². The number of thioether (sulfide) groups is 2. The van der Waals surface area contributed by atoms with Gasteiger partial charge in [-0.05, 0) is 24.6 Å². The summed E-state index contributed by atoms with van der Waals surface area (Å²) in [5, 5.41) is 0. The molecule has 0 bridgehead atoms. The standard InChI is InChI=1S/C8H9FS2/c1-10-6-4-3-5-7(11-2)8(6)9/h3-5H,1-2H3. The summed E-state index contributed by atoms with van der Waals surface area (Å²) in [6.45, 7) is 0. The third-order valence-electron chi connectivity index (χ3n) is 1.37. The summed E-state index contributed by atoms with van der Waals surface area (Å²) >= 11 is 2.87. The Bertz CT molecular complexity index is 226. The van der Waals surface area contributed by atoms with Gasteiger partial charge in [-0.25, -0.2) is 4.39 Å². The van der Waals surface area contributed by atoms with Crippen LogP contribution in [0.2, 0.25) is 0 Å². The minimum Gasteiger partial charge on any atom is -0.205 e. The largest absolute Gasteiger partial charge is 0.205 e. The molecule has 0 heterocycles. The van der Waals surface area contributed by atoms with Gasteiger partial charge in [-0.3, -0.25) is 0 Å². The number of rotatable bonds is 2. The molecule has 0 N–H and O–H groups in total. The van der Waals surface area contributed by atoms with Crippen LogP contribution in [0.15, 0.2) is 28.0 Å². The molecule has 0 aliphatic carbocycles. The van der Waals surface area contributed by atoms with Gasteiger partial charge in [0.1, 0.15) is 5.82 Å². The first kappa shape index (κ1) is 8.94. The van der Waals surface area contributed by atoms with Crippen LogP contribution in [0.25, 0.3) is 0 Å². The Morgan fingerprint density at radius 3 is 1.91 bits per heavy atom. The van der Waals surface area contributed by atoms with Crippen LogP contribution in [-0.2, 0) is 0 Å². The van der Waals surface area contributed by atoms with Crippen molar-refractivity contribution in [3.8, 4) is 0 Å². The summed E-state index contributed by atoms with van der Waals surface area (Å²) in [6.07, 6.45) is 3.76. The highest BCUT2D eigenvalue weighted by molar-refractivity contribution is 7.99.